The minimum atomic E-state index is -0.236. The number of aliphatic hydroxyl groups excluding tert-OH is 1. The molecule has 0 aromatic heterocycles. The Balaban J connectivity index is 1.77. The van der Waals surface area contributed by atoms with Gasteiger partial charge in [0, 0.05) is 37.7 Å². The van der Waals surface area contributed by atoms with Crippen molar-refractivity contribution in [1.82, 2.24) is 0 Å². The summed E-state index contributed by atoms with van der Waals surface area (Å²) >= 11 is 0. The summed E-state index contributed by atoms with van der Waals surface area (Å²) in [6.07, 6.45) is 5.20. The van der Waals surface area contributed by atoms with E-state index in [2.05, 4.69) is 19.1 Å². The molecule has 32 heavy (non-hydrogen) atoms. The van der Waals surface area contributed by atoms with Gasteiger partial charge in [0.05, 0.1) is 6.42 Å². The Kier molecular flexibility index (Phi) is 8.78. The van der Waals surface area contributed by atoms with Crippen LogP contribution < -0.4 is 0 Å². The SMILES string of the molecule is CCC(C(=O)CC(C)=O)C(CCO)CC1CC(=O)c2c(ccc(C3CCOCC3)c2C)C1. The molecule has 1 aliphatic heterocycles. The van der Waals surface area contributed by atoms with E-state index in [-0.39, 0.29) is 48.1 Å². The molecule has 1 aromatic rings. The molecule has 1 N–H and O–H groups in total. The first-order valence-electron chi connectivity index (χ1n) is 12.2. The van der Waals surface area contributed by atoms with Crippen molar-refractivity contribution in [2.75, 3.05) is 19.8 Å². The van der Waals surface area contributed by atoms with Gasteiger partial charge >= 0.3 is 0 Å². The second kappa shape index (κ2) is 11.3. The Bertz CT molecular complexity index is 837. The maximum absolute atomic E-state index is 13.2. The molecule has 3 atom stereocenters. The van der Waals surface area contributed by atoms with Gasteiger partial charge in [-0.05, 0) is 86.8 Å². The smallest absolute Gasteiger partial charge is 0.163 e. The quantitative estimate of drug-likeness (QED) is 0.536. The number of hydrogen-bond acceptors (Lipinski definition) is 5. The van der Waals surface area contributed by atoms with E-state index in [9.17, 15) is 19.5 Å². The van der Waals surface area contributed by atoms with Gasteiger partial charge in [0.15, 0.2) is 5.78 Å². The summed E-state index contributed by atoms with van der Waals surface area (Å²) < 4.78 is 5.50. The number of Topliss-reactive ketones (excluding diaryl/α,β-unsaturated/α-hetero) is 3. The summed E-state index contributed by atoms with van der Waals surface area (Å²) in [6, 6.07) is 4.34. The first kappa shape index (κ1) is 24.8. The fraction of sp³-hybridized carbons (Fsp3) is 0.667. The minimum absolute atomic E-state index is 0.00110. The van der Waals surface area contributed by atoms with Gasteiger partial charge in [0.1, 0.15) is 11.6 Å². The molecule has 0 saturated carbocycles. The molecule has 3 unspecified atom stereocenters. The first-order valence-corrected chi connectivity index (χ1v) is 12.2. The summed E-state index contributed by atoms with van der Waals surface area (Å²) in [7, 11) is 0. The molecule has 0 radical (unpaired) electrons. The average Bonchev–Trinajstić information content (AvgIpc) is 2.74. The highest BCUT2D eigenvalue weighted by atomic mass is 16.5. The zero-order chi connectivity index (χ0) is 23.3. The van der Waals surface area contributed by atoms with Crippen LogP contribution in [0.1, 0.15) is 91.8 Å². The molecule has 0 bridgehead atoms. The van der Waals surface area contributed by atoms with Crippen LogP contribution in [-0.2, 0) is 20.7 Å². The first-order chi connectivity index (χ1) is 15.3. The second-order valence-corrected chi connectivity index (χ2v) is 9.77. The number of carbonyl (C=O) groups excluding carboxylic acids is 3. The van der Waals surface area contributed by atoms with E-state index in [4.69, 9.17) is 4.74 Å². The van der Waals surface area contributed by atoms with Crippen LogP contribution in [0.15, 0.2) is 12.1 Å². The van der Waals surface area contributed by atoms with Crippen molar-refractivity contribution in [3.05, 3.63) is 34.4 Å². The van der Waals surface area contributed by atoms with Crippen LogP contribution in [0.4, 0.5) is 0 Å². The number of aliphatic hydroxyl groups is 1. The molecule has 1 saturated heterocycles. The molecular formula is C27H38O5. The standard InChI is InChI=1S/C27H38O5/c1-4-23(25(30)13-17(2)29)21(7-10-28)14-19-15-22-5-6-24(20-8-11-32-12-9-20)18(3)27(22)26(31)16-19/h5-6,19-21,23,28H,4,7-16H2,1-3H3. The fourth-order valence-electron chi connectivity index (χ4n) is 5.98. The molecule has 1 fully saturated rings. The molecule has 3 rings (SSSR count). The Morgan fingerprint density at radius 3 is 2.53 bits per heavy atom. The Labute approximate surface area is 191 Å². The summed E-state index contributed by atoms with van der Waals surface area (Å²) in [5, 5.41) is 9.62. The van der Waals surface area contributed by atoms with Gasteiger partial charge in [-0.15, -0.1) is 0 Å². The lowest BCUT2D eigenvalue weighted by Gasteiger charge is -2.32. The van der Waals surface area contributed by atoms with Gasteiger partial charge in [0.2, 0.25) is 0 Å². The molecular weight excluding hydrogens is 404 g/mol. The fourth-order valence-corrected chi connectivity index (χ4v) is 5.98. The number of rotatable bonds is 10. The molecule has 2 aliphatic rings. The molecule has 5 heteroatoms. The summed E-state index contributed by atoms with van der Waals surface area (Å²) in [6.45, 7) is 7.08. The van der Waals surface area contributed by atoms with Crippen LogP contribution in [0.25, 0.3) is 0 Å². The van der Waals surface area contributed by atoms with Crippen LogP contribution in [0.3, 0.4) is 0 Å². The lowest BCUT2D eigenvalue weighted by Crippen LogP contribution is -2.30. The maximum Gasteiger partial charge on any atom is 0.163 e. The minimum Gasteiger partial charge on any atom is -0.396 e. The predicted octanol–water partition coefficient (Wildman–Crippen LogP) is 4.60. The third-order valence-electron chi connectivity index (χ3n) is 7.50. The lowest BCUT2D eigenvalue weighted by atomic mass is 9.71. The third-order valence-corrected chi connectivity index (χ3v) is 7.50. The molecule has 1 aromatic carbocycles. The molecule has 0 spiro atoms. The largest absolute Gasteiger partial charge is 0.396 e. The molecule has 1 aliphatic carbocycles. The van der Waals surface area contributed by atoms with E-state index in [0.717, 1.165) is 55.6 Å². The summed E-state index contributed by atoms with van der Waals surface area (Å²) in [5.74, 6) is 0.449. The molecule has 0 amide bonds. The van der Waals surface area contributed by atoms with Crippen molar-refractivity contribution in [3.8, 4) is 0 Å². The summed E-state index contributed by atoms with van der Waals surface area (Å²) in [5.41, 5.74) is 4.44. The number of benzene rings is 1. The summed E-state index contributed by atoms with van der Waals surface area (Å²) in [4.78, 5) is 37.4. The van der Waals surface area contributed by atoms with Crippen molar-refractivity contribution in [3.63, 3.8) is 0 Å². The van der Waals surface area contributed by atoms with E-state index in [1.807, 2.05) is 6.92 Å². The second-order valence-electron chi connectivity index (χ2n) is 9.77. The van der Waals surface area contributed by atoms with Gasteiger partial charge in [-0.2, -0.15) is 0 Å². The van der Waals surface area contributed by atoms with E-state index >= 15 is 0 Å². The zero-order valence-corrected chi connectivity index (χ0v) is 19.8. The van der Waals surface area contributed by atoms with E-state index in [1.54, 1.807) is 0 Å². The van der Waals surface area contributed by atoms with Crippen molar-refractivity contribution in [2.45, 2.75) is 78.1 Å². The monoisotopic (exact) mass is 442 g/mol. The average molecular weight is 443 g/mol. The normalized spacial score (nSPS) is 21.1. The highest BCUT2D eigenvalue weighted by Crippen LogP contribution is 2.38. The number of hydrogen-bond donors (Lipinski definition) is 1. The van der Waals surface area contributed by atoms with Gasteiger partial charge in [-0.3, -0.25) is 14.4 Å². The zero-order valence-electron chi connectivity index (χ0n) is 19.8. The van der Waals surface area contributed by atoms with Crippen LogP contribution in [-0.4, -0.2) is 42.3 Å². The number of ketones is 3. The van der Waals surface area contributed by atoms with Crippen LogP contribution in [0.5, 0.6) is 0 Å². The number of ether oxygens (including phenoxy) is 1. The Hall–Kier alpha value is -1.85. The Morgan fingerprint density at radius 1 is 1.19 bits per heavy atom. The predicted molar refractivity (Wildman–Crippen MR) is 124 cm³/mol. The van der Waals surface area contributed by atoms with Gasteiger partial charge in [-0.1, -0.05) is 19.1 Å². The topological polar surface area (TPSA) is 80.7 Å². The lowest BCUT2D eigenvalue weighted by molar-refractivity contribution is -0.130. The molecule has 5 nitrogen and oxygen atoms in total. The molecule has 1 heterocycles. The number of fused-ring (bicyclic) bond motifs is 1. The van der Waals surface area contributed by atoms with E-state index in [1.165, 1.54) is 12.5 Å². The van der Waals surface area contributed by atoms with Gasteiger partial charge in [0.25, 0.3) is 0 Å². The van der Waals surface area contributed by atoms with E-state index in [0.29, 0.717) is 25.2 Å². The van der Waals surface area contributed by atoms with Gasteiger partial charge in [-0.25, -0.2) is 0 Å². The maximum atomic E-state index is 13.2. The van der Waals surface area contributed by atoms with Crippen LogP contribution in [0, 0.1) is 24.7 Å². The molecule has 176 valence electrons. The van der Waals surface area contributed by atoms with E-state index < -0.39 is 0 Å². The Morgan fingerprint density at radius 2 is 1.91 bits per heavy atom. The number of carbonyl (C=O) groups is 3. The highest BCUT2D eigenvalue weighted by molar-refractivity contribution is 6.00. The van der Waals surface area contributed by atoms with Crippen molar-refractivity contribution >= 4 is 17.3 Å². The van der Waals surface area contributed by atoms with Crippen LogP contribution >= 0.6 is 0 Å². The van der Waals surface area contributed by atoms with Crippen LogP contribution in [0.2, 0.25) is 0 Å². The van der Waals surface area contributed by atoms with Gasteiger partial charge < -0.3 is 9.84 Å². The third kappa shape index (κ3) is 5.74. The van der Waals surface area contributed by atoms with Crippen molar-refractivity contribution in [1.29, 1.82) is 0 Å². The van der Waals surface area contributed by atoms with Crippen molar-refractivity contribution in [2.24, 2.45) is 17.8 Å². The highest BCUT2D eigenvalue weighted by Gasteiger charge is 2.34. The van der Waals surface area contributed by atoms with Crippen molar-refractivity contribution < 1.29 is 24.2 Å².